The van der Waals surface area contributed by atoms with E-state index < -0.39 is 8.07 Å². The van der Waals surface area contributed by atoms with Gasteiger partial charge in [0.2, 0.25) is 0 Å². The standard InChI is InChI=1S/C23H30N2Si/c1-7-13-25(14-8-2)21-12-10-19-15-18-9-11-20(24(3)4)16-22(18)26(5,6)23(19)17-21/h7-12,16-17H,1-2,13-15H2,3-6H3. The molecule has 2 nitrogen and oxygen atoms in total. The van der Waals surface area contributed by atoms with Gasteiger partial charge < -0.3 is 9.80 Å². The van der Waals surface area contributed by atoms with Crippen molar-refractivity contribution < 1.29 is 0 Å². The number of nitrogens with zero attached hydrogens (tertiary/aromatic N) is 2. The van der Waals surface area contributed by atoms with Gasteiger partial charge in [-0.3, -0.25) is 0 Å². The second kappa shape index (κ2) is 7.16. The molecule has 0 radical (unpaired) electrons. The number of fused-ring (bicyclic) bond motifs is 2. The Labute approximate surface area is 159 Å². The lowest BCUT2D eigenvalue weighted by Gasteiger charge is -2.35. The number of anilines is 2. The fraction of sp³-hybridized carbons (Fsp3) is 0.304. The Balaban J connectivity index is 2.08. The molecule has 2 aromatic rings. The van der Waals surface area contributed by atoms with Crippen LogP contribution in [0, 0.1) is 0 Å². The molecule has 0 bridgehead atoms. The van der Waals surface area contributed by atoms with Crippen molar-refractivity contribution >= 4 is 29.8 Å². The van der Waals surface area contributed by atoms with Crippen LogP contribution in [0.2, 0.25) is 13.1 Å². The SMILES string of the molecule is C=CCN(CC=C)c1ccc2c(c1)[Si](C)(C)c1cc(N(C)C)ccc1C2. The molecule has 0 amide bonds. The second-order valence-corrected chi connectivity index (χ2v) is 12.2. The highest BCUT2D eigenvalue weighted by atomic mass is 28.3. The smallest absolute Gasteiger partial charge is 0.113 e. The highest BCUT2D eigenvalue weighted by Gasteiger charge is 2.35. The van der Waals surface area contributed by atoms with E-state index in [4.69, 9.17) is 0 Å². The van der Waals surface area contributed by atoms with Gasteiger partial charge in [0.15, 0.2) is 0 Å². The molecular weight excluding hydrogens is 332 g/mol. The maximum absolute atomic E-state index is 3.91. The van der Waals surface area contributed by atoms with Crippen molar-refractivity contribution in [2.24, 2.45) is 0 Å². The van der Waals surface area contributed by atoms with Crippen molar-refractivity contribution in [1.82, 2.24) is 0 Å². The largest absolute Gasteiger partial charge is 0.378 e. The van der Waals surface area contributed by atoms with Gasteiger partial charge in [0.25, 0.3) is 0 Å². The Hall–Kier alpha value is -2.26. The molecule has 0 N–H and O–H groups in total. The summed E-state index contributed by atoms with van der Waals surface area (Å²) in [5.74, 6) is 0. The molecule has 0 saturated heterocycles. The Morgan fingerprint density at radius 3 is 1.88 bits per heavy atom. The van der Waals surface area contributed by atoms with Crippen LogP contribution in [0.3, 0.4) is 0 Å². The van der Waals surface area contributed by atoms with Crippen LogP contribution in [-0.4, -0.2) is 35.3 Å². The summed E-state index contributed by atoms with van der Waals surface area (Å²) in [7, 11) is 2.50. The number of hydrogen-bond donors (Lipinski definition) is 0. The molecule has 26 heavy (non-hydrogen) atoms. The van der Waals surface area contributed by atoms with Crippen LogP contribution in [0.5, 0.6) is 0 Å². The molecule has 0 fully saturated rings. The molecule has 0 aromatic heterocycles. The lowest BCUT2D eigenvalue weighted by atomic mass is 10.0. The van der Waals surface area contributed by atoms with E-state index in [0.717, 1.165) is 19.5 Å². The quantitative estimate of drug-likeness (QED) is 0.572. The average molecular weight is 363 g/mol. The van der Waals surface area contributed by atoms with Crippen molar-refractivity contribution in [3.8, 4) is 0 Å². The highest BCUT2D eigenvalue weighted by Crippen LogP contribution is 2.26. The Morgan fingerprint density at radius 2 is 1.38 bits per heavy atom. The minimum absolute atomic E-state index is 0.841. The molecule has 0 spiro atoms. The second-order valence-electron chi connectivity index (χ2n) is 7.86. The van der Waals surface area contributed by atoms with Crippen molar-refractivity contribution in [3.05, 3.63) is 72.8 Å². The molecule has 2 aromatic carbocycles. The Morgan fingerprint density at radius 1 is 0.885 bits per heavy atom. The molecule has 3 rings (SSSR count). The van der Waals surface area contributed by atoms with E-state index >= 15 is 0 Å². The third-order valence-corrected chi connectivity index (χ3v) is 9.12. The van der Waals surface area contributed by atoms with Crippen LogP contribution in [-0.2, 0) is 6.42 Å². The molecule has 1 heterocycles. The normalized spacial score (nSPS) is 14.2. The minimum atomic E-state index is -1.74. The van der Waals surface area contributed by atoms with Crippen molar-refractivity contribution in [2.75, 3.05) is 37.0 Å². The molecule has 0 aliphatic carbocycles. The summed E-state index contributed by atoms with van der Waals surface area (Å²) in [5, 5.41) is 3.14. The summed E-state index contributed by atoms with van der Waals surface area (Å²) in [5.41, 5.74) is 5.56. The first kappa shape index (κ1) is 18.5. The van der Waals surface area contributed by atoms with E-state index in [1.165, 1.54) is 22.5 Å². The van der Waals surface area contributed by atoms with Crippen LogP contribution >= 0.6 is 0 Å². The third kappa shape index (κ3) is 3.24. The first-order chi connectivity index (χ1) is 12.4. The van der Waals surface area contributed by atoms with E-state index in [1.54, 1.807) is 10.4 Å². The van der Waals surface area contributed by atoms with Crippen LogP contribution in [0.1, 0.15) is 11.1 Å². The van der Waals surface area contributed by atoms with Gasteiger partial charge in [0, 0.05) is 38.6 Å². The van der Waals surface area contributed by atoms with E-state index in [0.29, 0.717) is 0 Å². The highest BCUT2D eigenvalue weighted by molar-refractivity contribution is 7.01. The molecule has 1 aliphatic rings. The van der Waals surface area contributed by atoms with Gasteiger partial charge in [-0.25, -0.2) is 0 Å². The first-order valence-corrected chi connectivity index (χ1v) is 12.3. The fourth-order valence-electron chi connectivity index (χ4n) is 4.02. The van der Waals surface area contributed by atoms with Crippen molar-refractivity contribution in [1.29, 1.82) is 0 Å². The molecule has 3 heteroatoms. The van der Waals surface area contributed by atoms with Gasteiger partial charge in [-0.2, -0.15) is 0 Å². The Bertz CT molecular complexity index is 826. The predicted molar refractivity (Wildman–Crippen MR) is 119 cm³/mol. The Kier molecular flexibility index (Phi) is 5.10. The molecule has 0 atom stereocenters. The summed E-state index contributed by atoms with van der Waals surface area (Å²) >= 11 is 0. The summed E-state index contributed by atoms with van der Waals surface area (Å²) in [4.78, 5) is 4.53. The minimum Gasteiger partial charge on any atom is -0.378 e. The lowest BCUT2D eigenvalue weighted by molar-refractivity contribution is 0.956. The lowest BCUT2D eigenvalue weighted by Crippen LogP contribution is -2.58. The van der Waals surface area contributed by atoms with Gasteiger partial charge >= 0.3 is 0 Å². The summed E-state index contributed by atoms with van der Waals surface area (Å²) in [6.07, 6.45) is 4.96. The van der Waals surface area contributed by atoms with Gasteiger partial charge in [-0.1, -0.05) is 37.4 Å². The summed E-state index contributed by atoms with van der Waals surface area (Å²) < 4.78 is 0. The molecular formula is C23H30N2Si. The maximum atomic E-state index is 3.91. The van der Waals surface area contributed by atoms with Crippen LogP contribution in [0.15, 0.2) is 61.7 Å². The maximum Gasteiger partial charge on any atom is 0.113 e. The zero-order valence-electron chi connectivity index (χ0n) is 16.5. The van der Waals surface area contributed by atoms with Gasteiger partial charge in [-0.05, 0) is 52.2 Å². The van der Waals surface area contributed by atoms with Gasteiger partial charge in [0.05, 0.1) is 0 Å². The fourth-order valence-corrected chi connectivity index (χ4v) is 7.28. The van der Waals surface area contributed by atoms with E-state index in [1.807, 2.05) is 12.2 Å². The molecule has 0 saturated carbocycles. The topological polar surface area (TPSA) is 6.48 Å². The number of hydrogen-bond acceptors (Lipinski definition) is 2. The monoisotopic (exact) mass is 362 g/mol. The summed E-state index contributed by atoms with van der Waals surface area (Å²) in [6.45, 7) is 14.5. The molecule has 136 valence electrons. The van der Waals surface area contributed by atoms with Crippen LogP contribution < -0.4 is 20.2 Å². The van der Waals surface area contributed by atoms with Crippen molar-refractivity contribution in [3.63, 3.8) is 0 Å². The number of rotatable bonds is 6. The summed E-state index contributed by atoms with van der Waals surface area (Å²) in [6, 6.07) is 14.0. The van der Waals surface area contributed by atoms with Crippen molar-refractivity contribution in [2.45, 2.75) is 19.5 Å². The van der Waals surface area contributed by atoms with E-state index in [2.05, 4.69) is 86.5 Å². The predicted octanol–water partition coefficient (Wildman–Crippen LogP) is 3.66. The average Bonchev–Trinajstić information content (AvgIpc) is 2.61. The zero-order chi connectivity index (χ0) is 18.9. The van der Waals surface area contributed by atoms with E-state index in [-0.39, 0.29) is 0 Å². The van der Waals surface area contributed by atoms with Gasteiger partial charge in [-0.15, -0.1) is 13.2 Å². The van der Waals surface area contributed by atoms with Gasteiger partial charge in [0.1, 0.15) is 8.07 Å². The molecule has 1 aliphatic heterocycles. The van der Waals surface area contributed by atoms with Crippen LogP contribution in [0.25, 0.3) is 0 Å². The molecule has 0 unspecified atom stereocenters. The zero-order valence-corrected chi connectivity index (χ0v) is 17.5. The van der Waals surface area contributed by atoms with Crippen LogP contribution in [0.4, 0.5) is 11.4 Å². The number of benzene rings is 2. The third-order valence-electron chi connectivity index (χ3n) is 5.50. The first-order valence-electron chi connectivity index (χ1n) is 9.29. The van der Waals surface area contributed by atoms with E-state index in [9.17, 15) is 0 Å².